The number of rotatable bonds is 1. The molecule has 5 heteroatoms. The quantitative estimate of drug-likeness (QED) is 0.726. The molecule has 1 aromatic heterocycles. The molecule has 0 N–H and O–H groups in total. The predicted molar refractivity (Wildman–Crippen MR) is 65.1 cm³/mol. The Bertz CT molecular complexity index is 595. The van der Waals surface area contributed by atoms with Crippen molar-refractivity contribution in [2.45, 2.75) is 6.42 Å². The first-order chi connectivity index (χ1) is 8.25. The smallest absolute Gasteiger partial charge is 0.253 e. The van der Waals surface area contributed by atoms with Gasteiger partial charge in [0.2, 0.25) is 0 Å². The lowest BCUT2D eigenvalue weighted by Crippen LogP contribution is -2.41. The van der Waals surface area contributed by atoms with Crippen LogP contribution < -0.4 is 0 Å². The molecule has 0 saturated carbocycles. The summed E-state index contributed by atoms with van der Waals surface area (Å²) in [6.45, 7) is 1.70. The van der Waals surface area contributed by atoms with Crippen molar-refractivity contribution in [1.82, 2.24) is 14.9 Å². The third-order valence-corrected chi connectivity index (χ3v) is 3.28. The third kappa shape index (κ3) is 1.74. The van der Waals surface area contributed by atoms with Gasteiger partial charge in [-0.2, -0.15) is 0 Å². The van der Waals surface area contributed by atoms with Gasteiger partial charge in [0.15, 0.2) is 0 Å². The van der Waals surface area contributed by atoms with E-state index < -0.39 is 0 Å². The molecular weight excluding hydrogens is 238 g/mol. The number of halogens is 1. The number of nitrogens with zero attached hydrogens (tertiary/aromatic N) is 3. The highest BCUT2D eigenvalue weighted by Crippen LogP contribution is 2.21. The molecule has 0 aliphatic carbocycles. The summed E-state index contributed by atoms with van der Waals surface area (Å²) in [5, 5.41) is 1.19. The second-order valence-corrected chi connectivity index (χ2v) is 4.40. The summed E-state index contributed by atoms with van der Waals surface area (Å²) in [6, 6.07) is 5.34. The van der Waals surface area contributed by atoms with Crippen LogP contribution in [-0.4, -0.2) is 33.9 Å². The van der Waals surface area contributed by atoms with Crippen LogP contribution >= 0.6 is 11.6 Å². The Kier molecular flexibility index (Phi) is 2.44. The number of hydrogen-bond acceptors (Lipinski definition) is 3. The van der Waals surface area contributed by atoms with Gasteiger partial charge in [-0.1, -0.05) is 11.6 Å². The minimum atomic E-state index is 0.0629. The fraction of sp³-hybridized carbons (Fsp3) is 0.250. The molecule has 0 atom stereocenters. The van der Waals surface area contributed by atoms with Gasteiger partial charge in [-0.25, -0.2) is 9.97 Å². The highest BCUT2D eigenvalue weighted by molar-refractivity contribution is 6.34. The van der Waals surface area contributed by atoms with E-state index in [9.17, 15) is 4.79 Å². The lowest BCUT2D eigenvalue weighted by molar-refractivity contribution is 0.0652. The standard InChI is InChI=1S/C12H10ClN3O/c13-11-9-3-2-8(6-10(9)14-7-15-11)12(17)16-4-1-5-16/h2-3,6-7H,1,4-5H2. The summed E-state index contributed by atoms with van der Waals surface area (Å²) >= 11 is 5.94. The van der Waals surface area contributed by atoms with Gasteiger partial charge in [-0.05, 0) is 24.6 Å². The molecule has 2 aromatic rings. The molecule has 1 aliphatic rings. The molecular formula is C12H10ClN3O. The molecule has 1 saturated heterocycles. The summed E-state index contributed by atoms with van der Waals surface area (Å²) in [7, 11) is 0. The van der Waals surface area contributed by atoms with Gasteiger partial charge in [0, 0.05) is 24.0 Å². The lowest BCUT2D eigenvalue weighted by Gasteiger charge is -2.30. The summed E-state index contributed by atoms with van der Waals surface area (Å²) in [4.78, 5) is 21.9. The van der Waals surface area contributed by atoms with Gasteiger partial charge in [-0.15, -0.1) is 0 Å². The number of likely N-dealkylation sites (tertiary alicyclic amines) is 1. The zero-order valence-electron chi connectivity index (χ0n) is 9.06. The maximum absolute atomic E-state index is 12.0. The first kappa shape index (κ1) is 10.5. The number of benzene rings is 1. The molecule has 0 radical (unpaired) electrons. The summed E-state index contributed by atoms with van der Waals surface area (Å²) in [5.74, 6) is 0.0629. The van der Waals surface area contributed by atoms with Crippen molar-refractivity contribution in [1.29, 1.82) is 0 Å². The van der Waals surface area contributed by atoms with E-state index in [1.165, 1.54) is 6.33 Å². The first-order valence-electron chi connectivity index (χ1n) is 5.45. The molecule has 1 amide bonds. The number of carbonyl (C=O) groups excluding carboxylic acids is 1. The fourth-order valence-corrected chi connectivity index (χ4v) is 2.06. The van der Waals surface area contributed by atoms with Crippen molar-refractivity contribution in [2.75, 3.05) is 13.1 Å². The Hall–Kier alpha value is -1.68. The second kappa shape index (κ2) is 3.96. The average molecular weight is 248 g/mol. The first-order valence-corrected chi connectivity index (χ1v) is 5.83. The predicted octanol–water partition coefficient (Wildman–Crippen LogP) is 2.13. The van der Waals surface area contributed by atoms with E-state index in [2.05, 4.69) is 9.97 Å². The van der Waals surface area contributed by atoms with Crippen LogP contribution in [0.4, 0.5) is 0 Å². The Morgan fingerprint density at radius 2 is 2.12 bits per heavy atom. The normalized spacial score (nSPS) is 14.8. The number of fused-ring (bicyclic) bond motifs is 1. The van der Waals surface area contributed by atoms with Crippen LogP contribution in [0.15, 0.2) is 24.5 Å². The van der Waals surface area contributed by atoms with E-state index in [1.54, 1.807) is 18.2 Å². The van der Waals surface area contributed by atoms with Crippen LogP contribution in [0.1, 0.15) is 16.8 Å². The van der Waals surface area contributed by atoms with Gasteiger partial charge in [0.05, 0.1) is 5.52 Å². The molecule has 1 fully saturated rings. The summed E-state index contributed by atoms with van der Waals surface area (Å²) in [6.07, 6.45) is 2.50. The maximum Gasteiger partial charge on any atom is 0.253 e. The zero-order valence-corrected chi connectivity index (χ0v) is 9.81. The molecule has 86 valence electrons. The van der Waals surface area contributed by atoms with Crippen LogP contribution in [0.3, 0.4) is 0 Å². The number of carbonyl (C=O) groups is 1. The SMILES string of the molecule is O=C(c1ccc2c(Cl)ncnc2c1)N1CCC1. The molecule has 1 aromatic carbocycles. The van der Waals surface area contributed by atoms with Gasteiger partial charge in [0.25, 0.3) is 5.91 Å². The monoisotopic (exact) mass is 247 g/mol. The highest BCUT2D eigenvalue weighted by Gasteiger charge is 2.21. The molecule has 2 heterocycles. The minimum Gasteiger partial charge on any atom is -0.339 e. The highest BCUT2D eigenvalue weighted by atomic mass is 35.5. The average Bonchev–Trinajstić information content (AvgIpc) is 2.26. The number of amides is 1. The Labute approximate surface area is 103 Å². The van der Waals surface area contributed by atoms with Crippen LogP contribution in [0.5, 0.6) is 0 Å². The van der Waals surface area contributed by atoms with E-state index in [1.807, 2.05) is 4.90 Å². The molecule has 4 nitrogen and oxygen atoms in total. The van der Waals surface area contributed by atoms with Gasteiger partial charge in [0.1, 0.15) is 11.5 Å². The van der Waals surface area contributed by atoms with E-state index in [4.69, 9.17) is 11.6 Å². The third-order valence-electron chi connectivity index (χ3n) is 2.98. The molecule has 0 unspecified atom stereocenters. The second-order valence-electron chi connectivity index (χ2n) is 4.04. The van der Waals surface area contributed by atoms with Crippen molar-refractivity contribution in [2.24, 2.45) is 0 Å². The van der Waals surface area contributed by atoms with E-state index in [0.29, 0.717) is 16.2 Å². The van der Waals surface area contributed by atoms with Crippen molar-refractivity contribution < 1.29 is 4.79 Å². The van der Waals surface area contributed by atoms with Crippen LogP contribution in [-0.2, 0) is 0 Å². The van der Waals surface area contributed by atoms with Crippen molar-refractivity contribution in [3.8, 4) is 0 Å². The molecule has 0 spiro atoms. The topological polar surface area (TPSA) is 46.1 Å². The molecule has 1 aliphatic heterocycles. The van der Waals surface area contributed by atoms with Crippen molar-refractivity contribution in [3.05, 3.63) is 35.2 Å². The van der Waals surface area contributed by atoms with Crippen LogP contribution in [0.2, 0.25) is 5.15 Å². The van der Waals surface area contributed by atoms with Crippen molar-refractivity contribution in [3.63, 3.8) is 0 Å². The summed E-state index contributed by atoms with van der Waals surface area (Å²) < 4.78 is 0. The van der Waals surface area contributed by atoms with Gasteiger partial charge >= 0.3 is 0 Å². The lowest BCUT2D eigenvalue weighted by atomic mass is 10.1. The molecule has 17 heavy (non-hydrogen) atoms. The van der Waals surface area contributed by atoms with E-state index >= 15 is 0 Å². The van der Waals surface area contributed by atoms with Crippen LogP contribution in [0.25, 0.3) is 10.9 Å². The number of hydrogen-bond donors (Lipinski definition) is 0. The molecule has 0 bridgehead atoms. The van der Waals surface area contributed by atoms with Crippen molar-refractivity contribution >= 4 is 28.4 Å². The van der Waals surface area contributed by atoms with Crippen LogP contribution in [0, 0.1) is 0 Å². The number of aromatic nitrogens is 2. The minimum absolute atomic E-state index is 0.0629. The molecule has 3 rings (SSSR count). The Morgan fingerprint density at radius 1 is 1.29 bits per heavy atom. The maximum atomic E-state index is 12.0. The van der Waals surface area contributed by atoms with Gasteiger partial charge in [-0.3, -0.25) is 4.79 Å². The summed E-state index contributed by atoms with van der Waals surface area (Å²) in [5.41, 5.74) is 1.36. The Balaban J connectivity index is 2.04. The zero-order chi connectivity index (χ0) is 11.8. The largest absolute Gasteiger partial charge is 0.339 e. The van der Waals surface area contributed by atoms with Gasteiger partial charge < -0.3 is 4.90 Å². The Morgan fingerprint density at radius 3 is 2.82 bits per heavy atom. The van der Waals surface area contributed by atoms with E-state index in [-0.39, 0.29) is 5.91 Å². The fourth-order valence-electron chi connectivity index (χ4n) is 1.86. The van der Waals surface area contributed by atoms with E-state index in [0.717, 1.165) is 24.9 Å².